The van der Waals surface area contributed by atoms with Gasteiger partial charge in [-0.2, -0.15) is 0 Å². The molecule has 4 rings (SSSR count). The van der Waals surface area contributed by atoms with E-state index in [0.717, 1.165) is 16.9 Å². The van der Waals surface area contributed by atoms with Crippen LogP contribution < -0.4 is 21.1 Å². The molecular formula is C23H22N4O3. The van der Waals surface area contributed by atoms with Gasteiger partial charge in [-0.15, -0.1) is 0 Å². The van der Waals surface area contributed by atoms with Gasteiger partial charge in [0.15, 0.2) is 0 Å². The molecule has 30 heavy (non-hydrogen) atoms. The van der Waals surface area contributed by atoms with Crippen LogP contribution in [-0.2, 0) is 4.79 Å². The Balaban J connectivity index is 1.33. The Morgan fingerprint density at radius 3 is 2.57 bits per heavy atom. The molecule has 2 amide bonds. The normalized spacial score (nSPS) is 15.6. The number of para-hydroxylation sites is 1. The van der Waals surface area contributed by atoms with E-state index in [1.54, 1.807) is 48.8 Å². The maximum Gasteiger partial charge on any atom is 0.255 e. The Kier molecular flexibility index (Phi) is 5.72. The van der Waals surface area contributed by atoms with Crippen molar-refractivity contribution in [2.24, 2.45) is 5.73 Å². The Labute approximate surface area is 174 Å². The molecule has 1 aromatic heterocycles. The second-order valence-corrected chi connectivity index (χ2v) is 7.09. The van der Waals surface area contributed by atoms with E-state index in [4.69, 9.17) is 10.5 Å². The average molecular weight is 402 g/mol. The molecule has 0 spiro atoms. The Bertz CT molecular complexity index is 1040. The van der Waals surface area contributed by atoms with Gasteiger partial charge in [0.05, 0.1) is 6.04 Å². The first-order valence-corrected chi connectivity index (χ1v) is 9.68. The number of hydrogen-bond donors (Lipinski definition) is 3. The third-order valence-corrected chi connectivity index (χ3v) is 4.98. The van der Waals surface area contributed by atoms with E-state index in [-0.39, 0.29) is 24.3 Å². The summed E-state index contributed by atoms with van der Waals surface area (Å²) in [6, 6.07) is 17.4. The largest absolute Gasteiger partial charge is 0.491 e. The van der Waals surface area contributed by atoms with Gasteiger partial charge < -0.3 is 21.1 Å². The second kappa shape index (κ2) is 8.75. The number of nitrogens with zero attached hydrogens (tertiary/aromatic N) is 1. The summed E-state index contributed by atoms with van der Waals surface area (Å²) < 4.78 is 5.59. The van der Waals surface area contributed by atoms with Crippen LogP contribution in [0.4, 0.5) is 5.69 Å². The third-order valence-electron chi connectivity index (χ3n) is 4.98. The molecular weight excluding hydrogens is 380 g/mol. The van der Waals surface area contributed by atoms with Gasteiger partial charge in [-0.1, -0.05) is 30.3 Å². The number of rotatable bonds is 6. The summed E-state index contributed by atoms with van der Waals surface area (Å²) in [4.78, 5) is 28.7. The van der Waals surface area contributed by atoms with Crippen LogP contribution in [0.2, 0.25) is 0 Å². The number of ether oxygens (including phenoxy) is 1. The van der Waals surface area contributed by atoms with Gasteiger partial charge in [0.1, 0.15) is 12.4 Å². The summed E-state index contributed by atoms with van der Waals surface area (Å²) in [6.45, 7) is 0.418. The van der Waals surface area contributed by atoms with Crippen LogP contribution in [0.5, 0.6) is 5.75 Å². The average Bonchev–Trinajstić information content (AvgIpc) is 3.17. The van der Waals surface area contributed by atoms with Crippen molar-refractivity contribution in [1.82, 2.24) is 10.3 Å². The lowest BCUT2D eigenvalue weighted by Gasteiger charge is -2.16. The number of hydrogen-bond acceptors (Lipinski definition) is 5. The predicted molar refractivity (Wildman–Crippen MR) is 113 cm³/mol. The molecule has 4 N–H and O–H groups in total. The van der Waals surface area contributed by atoms with Gasteiger partial charge in [-0.05, 0) is 35.9 Å². The van der Waals surface area contributed by atoms with Crippen molar-refractivity contribution in [2.75, 3.05) is 11.9 Å². The SMILES string of the molecule is NC(CC(=O)N[C@H]1COc2ccccc21)c1ccc(C(=O)Nc2ccncc2)cc1. The van der Waals surface area contributed by atoms with Crippen molar-refractivity contribution in [3.63, 3.8) is 0 Å². The van der Waals surface area contributed by atoms with Gasteiger partial charge in [0, 0.05) is 41.7 Å². The molecule has 1 aliphatic heterocycles. The highest BCUT2D eigenvalue weighted by Crippen LogP contribution is 2.31. The number of nitrogens with two attached hydrogens (primary N) is 1. The molecule has 0 radical (unpaired) electrons. The van der Waals surface area contributed by atoms with Crippen molar-refractivity contribution >= 4 is 17.5 Å². The van der Waals surface area contributed by atoms with Crippen LogP contribution in [-0.4, -0.2) is 23.4 Å². The highest BCUT2D eigenvalue weighted by Gasteiger charge is 2.25. The lowest BCUT2D eigenvalue weighted by molar-refractivity contribution is -0.122. The van der Waals surface area contributed by atoms with Crippen LogP contribution in [0.15, 0.2) is 73.1 Å². The maximum atomic E-state index is 12.5. The molecule has 152 valence electrons. The fraction of sp³-hybridized carbons (Fsp3) is 0.174. The summed E-state index contributed by atoms with van der Waals surface area (Å²) in [6.07, 6.45) is 3.36. The standard InChI is InChI=1S/C23H22N4O3/c24-19(13-22(28)27-20-14-30-21-4-2-1-3-18(20)21)15-5-7-16(8-6-15)23(29)26-17-9-11-25-12-10-17/h1-12,19-20H,13-14,24H2,(H,27,28)(H,25,26,29)/t19?,20-/m0/s1. The molecule has 3 aromatic rings. The molecule has 0 saturated carbocycles. The summed E-state index contributed by atoms with van der Waals surface area (Å²) in [5.74, 6) is 0.430. The topological polar surface area (TPSA) is 106 Å². The molecule has 0 fully saturated rings. The summed E-state index contributed by atoms with van der Waals surface area (Å²) >= 11 is 0. The lowest BCUT2D eigenvalue weighted by Crippen LogP contribution is -2.31. The molecule has 7 heteroatoms. The molecule has 1 unspecified atom stereocenters. The van der Waals surface area contributed by atoms with Crippen molar-refractivity contribution in [2.45, 2.75) is 18.5 Å². The molecule has 0 bridgehead atoms. The minimum atomic E-state index is -0.472. The van der Waals surface area contributed by atoms with E-state index in [9.17, 15) is 9.59 Å². The fourth-order valence-corrected chi connectivity index (χ4v) is 3.37. The summed E-state index contributed by atoms with van der Waals surface area (Å²) in [5.41, 5.74) is 9.15. The monoisotopic (exact) mass is 402 g/mol. The van der Waals surface area contributed by atoms with E-state index in [0.29, 0.717) is 17.9 Å². The van der Waals surface area contributed by atoms with Crippen molar-refractivity contribution in [3.8, 4) is 5.75 Å². The number of anilines is 1. The number of fused-ring (bicyclic) bond motifs is 1. The zero-order chi connectivity index (χ0) is 20.9. The first-order valence-electron chi connectivity index (χ1n) is 9.68. The van der Waals surface area contributed by atoms with E-state index in [1.165, 1.54) is 0 Å². The number of aromatic nitrogens is 1. The van der Waals surface area contributed by atoms with E-state index < -0.39 is 6.04 Å². The van der Waals surface area contributed by atoms with Gasteiger partial charge in [-0.25, -0.2) is 0 Å². The number of nitrogens with one attached hydrogen (secondary N) is 2. The molecule has 1 aliphatic rings. The first-order chi connectivity index (χ1) is 14.6. The molecule has 0 aliphatic carbocycles. The Morgan fingerprint density at radius 1 is 1.07 bits per heavy atom. The number of carbonyl (C=O) groups is 2. The van der Waals surface area contributed by atoms with Crippen LogP contribution >= 0.6 is 0 Å². The molecule has 7 nitrogen and oxygen atoms in total. The molecule has 2 atom stereocenters. The number of benzene rings is 2. The van der Waals surface area contributed by atoms with Crippen LogP contribution in [0.1, 0.15) is 40.0 Å². The maximum absolute atomic E-state index is 12.5. The van der Waals surface area contributed by atoms with Gasteiger partial charge >= 0.3 is 0 Å². The van der Waals surface area contributed by atoms with Gasteiger partial charge in [0.25, 0.3) is 5.91 Å². The molecule has 2 heterocycles. The predicted octanol–water partition coefficient (Wildman–Crippen LogP) is 2.97. The number of carbonyl (C=O) groups excluding carboxylic acids is 2. The second-order valence-electron chi connectivity index (χ2n) is 7.09. The van der Waals surface area contributed by atoms with Gasteiger partial charge in [0.2, 0.25) is 5.91 Å². The lowest BCUT2D eigenvalue weighted by atomic mass is 10.0. The van der Waals surface area contributed by atoms with E-state index in [1.807, 2.05) is 24.3 Å². The molecule has 0 saturated heterocycles. The first kappa shape index (κ1) is 19.6. The van der Waals surface area contributed by atoms with Crippen LogP contribution in [0, 0.1) is 0 Å². The zero-order valence-electron chi connectivity index (χ0n) is 16.2. The zero-order valence-corrected chi connectivity index (χ0v) is 16.2. The minimum Gasteiger partial charge on any atom is -0.491 e. The number of amides is 2. The van der Waals surface area contributed by atoms with E-state index >= 15 is 0 Å². The smallest absolute Gasteiger partial charge is 0.255 e. The Hall–Kier alpha value is -3.71. The summed E-state index contributed by atoms with van der Waals surface area (Å²) in [7, 11) is 0. The van der Waals surface area contributed by atoms with Crippen LogP contribution in [0.25, 0.3) is 0 Å². The fourth-order valence-electron chi connectivity index (χ4n) is 3.37. The quantitative estimate of drug-likeness (QED) is 0.588. The highest BCUT2D eigenvalue weighted by atomic mass is 16.5. The van der Waals surface area contributed by atoms with Crippen molar-refractivity contribution < 1.29 is 14.3 Å². The minimum absolute atomic E-state index is 0.140. The summed E-state index contributed by atoms with van der Waals surface area (Å²) in [5, 5.41) is 5.78. The van der Waals surface area contributed by atoms with Crippen molar-refractivity contribution in [1.29, 1.82) is 0 Å². The Morgan fingerprint density at radius 2 is 1.80 bits per heavy atom. The number of pyridine rings is 1. The third kappa shape index (κ3) is 4.47. The van der Waals surface area contributed by atoms with Gasteiger partial charge in [-0.3, -0.25) is 14.6 Å². The molecule has 2 aromatic carbocycles. The van der Waals surface area contributed by atoms with Crippen molar-refractivity contribution in [3.05, 3.63) is 89.7 Å². The van der Waals surface area contributed by atoms with E-state index in [2.05, 4.69) is 15.6 Å². The van der Waals surface area contributed by atoms with Crippen LogP contribution in [0.3, 0.4) is 0 Å². The highest BCUT2D eigenvalue weighted by molar-refractivity contribution is 6.04.